The van der Waals surface area contributed by atoms with Crippen LogP contribution in [0.1, 0.15) is 37.5 Å². The average molecular weight is 180 g/mol. The fourth-order valence-corrected chi connectivity index (χ4v) is 1.35. The summed E-state index contributed by atoms with van der Waals surface area (Å²) in [5.41, 5.74) is 0. The molecule has 1 aliphatic carbocycles. The number of hydrogen-bond acceptors (Lipinski definition) is 3. The molecule has 1 aromatic rings. The van der Waals surface area contributed by atoms with E-state index in [0.29, 0.717) is 0 Å². The van der Waals surface area contributed by atoms with Crippen LogP contribution in [0.2, 0.25) is 0 Å². The molecule has 0 amide bonds. The molecule has 3 nitrogen and oxygen atoms in total. The Morgan fingerprint density at radius 2 is 2.46 bits per heavy atom. The van der Waals surface area contributed by atoms with E-state index in [-0.39, 0.29) is 6.04 Å². The van der Waals surface area contributed by atoms with E-state index in [2.05, 4.69) is 10.3 Å². The van der Waals surface area contributed by atoms with Gasteiger partial charge in [-0.25, -0.2) is 4.98 Å². The van der Waals surface area contributed by atoms with Crippen molar-refractivity contribution in [1.82, 2.24) is 10.3 Å². The zero-order chi connectivity index (χ0) is 9.26. The van der Waals surface area contributed by atoms with E-state index in [4.69, 9.17) is 4.42 Å². The summed E-state index contributed by atoms with van der Waals surface area (Å²) in [4.78, 5) is 4.24. The van der Waals surface area contributed by atoms with E-state index in [1.54, 1.807) is 0 Å². The van der Waals surface area contributed by atoms with Crippen LogP contribution in [0.4, 0.5) is 0 Å². The van der Waals surface area contributed by atoms with Gasteiger partial charge in [0.25, 0.3) is 0 Å². The molecule has 0 spiro atoms. The second kappa shape index (κ2) is 3.50. The van der Waals surface area contributed by atoms with Crippen LogP contribution in [0.25, 0.3) is 0 Å². The summed E-state index contributed by atoms with van der Waals surface area (Å²) in [5.74, 6) is 2.71. The van der Waals surface area contributed by atoms with Crippen LogP contribution in [-0.4, -0.2) is 12.0 Å². The molecule has 1 atom stereocenters. The highest BCUT2D eigenvalue weighted by Crippen LogP contribution is 2.32. The van der Waals surface area contributed by atoms with Crippen molar-refractivity contribution in [2.24, 2.45) is 5.92 Å². The maximum atomic E-state index is 5.61. The number of rotatable bonds is 4. The molecule has 1 saturated carbocycles. The Balaban J connectivity index is 1.99. The SMILES string of the molecule is CNC(C)c1ncc(CC2CC2)o1. The zero-order valence-corrected chi connectivity index (χ0v) is 8.21. The van der Waals surface area contributed by atoms with Gasteiger partial charge in [-0.05, 0) is 32.7 Å². The lowest BCUT2D eigenvalue weighted by atomic mass is 10.2. The Morgan fingerprint density at radius 3 is 3.08 bits per heavy atom. The van der Waals surface area contributed by atoms with Crippen LogP contribution in [-0.2, 0) is 6.42 Å². The van der Waals surface area contributed by atoms with Gasteiger partial charge in [0.1, 0.15) is 5.76 Å². The van der Waals surface area contributed by atoms with Crippen molar-refractivity contribution in [3.05, 3.63) is 17.8 Å². The summed E-state index contributed by atoms with van der Waals surface area (Å²) < 4.78 is 5.61. The van der Waals surface area contributed by atoms with Gasteiger partial charge in [0.2, 0.25) is 5.89 Å². The molecule has 1 aromatic heterocycles. The third kappa shape index (κ3) is 2.10. The van der Waals surface area contributed by atoms with E-state index in [1.165, 1.54) is 12.8 Å². The third-order valence-corrected chi connectivity index (χ3v) is 2.56. The Labute approximate surface area is 78.5 Å². The second-order valence-corrected chi connectivity index (χ2v) is 3.82. The minimum absolute atomic E-state index is 0.216. The quantitative estimate of drug-likeness (QED) is 0.769. The number of oxazole rings is 1. The number of nitrogens with zero attached hydrogens (tertiary/aromatic N) is 1. The number of aromatic nitrogens is 1. The van der Waals surface area contributed by atoms with Gasteiger partial charge in [-0.3, -0.25) is 0 Å². The van der Waals surface area contributed by atoms with Crippen molar-refractivity contribution in [2.75, 3.05) is 7.05 Å². The Hall–Kier alpha value is -0.830. The Morgan fingerprint density at radius 1 is 1.69 bits per heavy atom. The first-order valence-corrected chi connectivity index (χ1v) is 4.91. The molecule has 0 saturated heterocycles. The van der Waals surface area contributed by atoms with Gasteiger partial charge >= 0.3 is 0 Å². The van der Waals surface area contributed by atoms with Crippen molar-refractivity contribution in [2.45, 2.75) is 32.2 Å². The molecule has 0 radical (unpaired) electrons. The summed E-state index contributed by atoms with van der Waals surface area (Å²) in [5, 5.41) is 3.11. The summed E-state index contributed by atoms with van der Waals surface area (Å²) in [6.07, 6.45) is 5.65. The predicted molar refractivity (Wildman–Crippen MR) is 50.4 cm³/mol. The summed E-state index contributed by atoms with van der Waals surface area (Å²) in [6, 6.07) is 0.216. The van der Waals surface area contributed by atoms with Gasteiger partial charge in [0.05, 0.1) is 12.2 Å². The molecule has 1 heterocycles. The van der Waals surface area contributed by atoms with Gasteiger partial charge in [0, 0.05) is 6.42 Å². The standard InChI is InChI=1S/C10H16N2O/c1-7(11-2)10-12-6-9(13-10)5-8-3-4-8/h6-8,11H,3-5H2,1-2H3. The van der Waals surface area contributed by atoms with Crippen molar-refractivity contribution < 1.29 is 4.42 Å². The topological polar surface area (TPSA) is 38.1 Å². The van der Waals surface area contributed by atoms with Crippen molar-refractivity contribution in [3.63, 3.8) is 0 Å². The first-order valence-electron chi connectivity index (χ1n) is 4.91. The van der Waals surface area contributed by atoms with Gasteiger partial charge < -0.3 is 9.73 Å². The van der Waals surface area contributed by atoms with Crippen LogP contribution in [0.5, 0.6) is 0 Å². The Bertz CT molecular complexity index is 278. The first kappa shape index (κ1) is 8.75. The Kier molecular flexibility index (Phi) is 2.36. The minimum atomic E-state index is 0.216. The van der Waals surface area contributed by atoms with Crippen LogP contribution in [0.15, 0.2) is 10.6 Å². The van der Waals surface area contributed by atoms with E-state index in [0.717, 1.165) is 24.0 Å². The molecule has 2 rings (SSSR count). The van der Waals surface area contributed by atoms with Gasteiger partial charge in [-0.2, -0.15) is 0 Å². The largest absolute Gasteiger partial charge is 0.444 e. The lowest BCUT2D eigenvalue weighted by Crippen LogP contribution is -2.12. The predicted octanol–water partition coefficient (Wildman–Crippen LogP) is 1.91. The minimum Gasteiger partial charge on any atom is -0.444 e. The van der Waals surface area contributed by atoms with Crippen molar-refractivity contribution >= 4 is 0 Å². The first-order chi connectivity index (χ1) is 6.29. The third-order valence-electron chi connectivity index (χ3n) is 2.56. The highest BCUT2D eigenvalue weighted by atomic mass is 16.4. The van der Waals surface area contributed by atoms with Crippen molar-refractivity contribution in [3.8, 4) is 0 Å². The molecular formula is C10H16N2O. The fraction of sp³-hybridized carbons (Fsp3) is 0.700. The van der Waals surface area contributed by atoms with E-state index in [1.807, 2.05) is 20.2 Å². The second-order valence-electron chi connectivity index (χ2n) is 3.82. The summed E-state index contributed by atoms with van der Waals surface area (Å²) in [7, 11) is 1.91. The van der Waals surface area contributed by atoms with Crippen LogP contribution >= 0.6 is 0 Å². The number of nitrogens with one attached hydrogen (secondary N) is 1. The van der Waals surface area contributed by atoms with Crippen LogP contribution in [0.3, 0.4) is 0 Å². The molecule has 1 fully saturated rings. The zero-order valence-electron chi connectivity index (χ0n) is 8.21. The highest BCUT2D eigenvalue weighted by Gasteiger charge is 2.23. The fourth-order valence-electron chi connectivity index (χ4n) is 1.35. The van der Waals surface area contributed by atoms with Crippen LogP contribution in [0, 0.1) is 5.92 Å². The molecule has 0 aliphatic heterocycles. The van der Waals surface area contributed by atoms with Gasteiger partial charge in [-0.15, -0.1) is 0 Å². The normalized spacial score (nSPS) is 18.9. The molecule has 72 valence electrons. The van der Waals surface area contributed by atoms with Gasteiger partial charge in [0.15, 0.2) is 0 Å². The molecule has 13 heavy (non-hydrogen) atoms. The molecular weight excluding hydrogens is 164 g/mol. The molecule has 3 heteroatoms. The van der Waals surface area contributed by atoms with E-state index < -0.39 is 0 Å². The smallest absolute Gasteiger partial charge is 0.211 e. The summed E-state index contributed by atoms with van der Waals surface area (Å²) >= 11 is 0. The lowest BCUT2D eigenvalue weighted by molar-refractivity contribution is 0.403. The maximum absolute atomic E-state index is 5.61. The highest BCUT2D eigenvalue weighted by molar-refractivity contribution is 5.00. The molecule has 1 unspecified atom stereocenters. The van der Waals surface area contributed by atoms with Crippen molar-refractivity contribution in [1.29, 1.82) is 0 Å². The monoisotopic (exact) mass is 180 g/mol. The average Bonchev–Trinajstić information content (AvgIpc) is 2.81. The molecule has 0 aromatic carbocycles. The number of hydrogen-bond donors (Lipinski definition) is 1. The molecule has 1 N–H and O–H groups in total. The van der Waals surface area contributed by atoms with E-state index >= 15 is 0 Å². The van der Waals surface area contributed by atoms with E-state index in [9.17, 15) is 0 Å². The lowest BCUT2D eigenvalue weighted by Gasteiger charge is -2.03. The van der Waals surface area contributed by atoms with Gasteiger partial charge in [-0.1, -0.05) is 0 Å². The molecule has 1 aliphatic rings. The summed E-state index contributed by atoms with van der Waals surface area (Å²) in [6.45, 7) is 2.05. The van der Waals surface area contributed by atoms with Crippen LogP contribution < -0.4 is 5.32 Å². The maximum Gasteiger partial charge on any atom is 0.211 e. The molecule has 0 bridgehead atoms.